The van der Waals surface area contributed by atoms with Crippen molar-refractivity contribution in [2.45, 2.75) is 19.4 Å². The fourth-order valence-electron chi connectivity index (χ4n) is 3.70. The number of carbonyl (C=O) groups excluding carboxylic acids is 1. The number of aromatic nitrogens is 3. The van der Waals surface area contributed by atoms with Crippen LogP contribution < -0.4 is 5.32 Å². The van der Waals surface area contributed by atoms with E-state index in [1.54, 1.807) is 10.7 Å². The molecule has 150 valence electrons. The largest absolute Gasteiger partial charge is 0.346 e. The highest BCUT2D eigenvalue weighted by atomic mass is 16.7. The average molecular weight is 399 g/mol. The van der Waals surface area contributed by atoms with Gasteiger partial charge in [-0.3, -0.25) is 4.84 Å². The Labute approximate surface area is 173 Å². The number of imidazole rings is 1. The molecule has 2 amide bonds. The lowest BCUT2D eigenvalue weighted by Crippen LogP contribution is -2.33. The van der Waals surface area contributed by atoms with E-state index in [0.717, 1.165) is 40.1 Å². The van der Waals surface area contributed by atoms with Crippen LogP contribution in [0.4, 0.5) is 10.5 Å². The zero-order valence-corrected chi connectivity index (χ0v) is 16.5. The smallest absolute Gasteiger partial charge is 0.306 e. The highest BCUT2D eigenvalue weighted by Crippen LogP contribution is 2.31. The molecule has 0 bridgehead atoms. The van der Waals surface area contributed by atoms with Gasteiger partial charge in [-0.25, -0.2) is 14.3 Å². The van der Waals surface area contributed by atoms with Crippen molar-refractivity contribution < 1.29 is 9.63 Å². The quantitative estimate of drug-likeness (QED) is 0.546. The lowest BCUT2D eigenvalue weighted by molar-refractivity contribution is -0.0829. The van der Waals surface area contributed by atoms with E-state index >= 15 is 0 Å². The molecule has 1 fully saturated rings. The number of nitrogens with zero attached hydrogens (tertiary/aromatic N) is 4. The minimum Gasteiger partial charge on any atom is -0.306 e. The van der Waals surface area contributed by atoms with E-state index in [0.29, 0.717) is 6.61 Å². The number of urea groups is 1. The molecule has 1 saturated heterocycles. The lowest BCUT2D eigenvalue weighted by atomic mass is 10.0. The van der Waals surface area contributed by atoms with Crippen molar-refractivity contribution in [2.24, 2.45) is 0 Å². The molecule has 1 aliphatic rings. The first-order chi connectivity index (χ1) is 14.7. The summed E-state index contributed by atoms with van der Waals surface area (Å²) in [6, 6.07) is 19.3. The summed E-state index contributed by atoms with van der Waals surface area (Å²) in [4.78, 5) is 22.9. The van der Waals surface area contributed by atoms with Crippen molar-refractivity contribution >= 4 is 17.4 Å². The number of hydroxylamine groups is 2. The molecular weight excluding hydrogens is 378 g/mol. The van der Waals surface area contributed by atoms with Crippen molar-refractivity contribution in [3.63, 3.8) is 0 Å². The SMILES string of the molecule is Cc1ccc(-c2ccc3nccn3n2)cc1NC(=O)N1OCC[C@H]1c1ccccc1. The second-order valence-corrected chi connectivity index (χ2v) is 7.28. The van der Waals surface area contributed by atoms with Crippen LogP contribution in [-0.2, 0) is 4.84 Å². The number of anilines is 1. The first-order valence-corrected chi connectivity index (χ1v) is 9.88. The monoisotopic (exact) mass is 399 g/mol. The zero-order valence-electron chi connectivity index (χ0n) is 16.5. The van der Waals surface area contributed by atoms with Crippen molar-refractivity contribution in [3.05, 3.63) is 84.2 Å². The Morgan fingerprint density at radius 3 is 2.87 bits per heavy atom. The molecule has 7 nitrogen and oxygen atoms in total. The maximum absolute atomic E-state index is 13.0. The summed E-state index contributed by atoms with van der Waals surface area (Å²) in [6.07, 6.45) is 4.29. The van der Waals surface area contributed by atoms with E-state index in [-0.39, 0.29) is 12.1 Å². The molecule has 1 atom stereocenters. The average Bonchev–Trinajstić information content (AvgIpc) is 3.45. The summed E-state index contributed by atoms with van der Waals surface area (Å²) in [5.41, 5.74) is 5.26. The molecule has 3 heterocycles. The molecule has 30 heavy (non-hydrogen) atoms. The lowest BCUT2D eigenvalue weighted by Gasteiger charge is -2.23. The number of aryl methyl sites for hydroxylation is 1. The third kappa shape index (κ3) is 3.40. The van der Waals surface area contributed by atoms with Crippen LogP contribution in [0.1, 0.15) is 23.6 Å². The number of rotatable bonds is 3. The summed E-state index contributed by atoms with van der Waals surface area (Å²) in [6.45, 7) is 2.48. The highest BCUT2D eigenvalue weighted by Gasteiger charge is 2.32. The molecule has 0 saturated carbocycles. The van der Waals surface area contributed by atoms with Crippen LogP contribution in [0.5, 0.6) is 0 Å². The molecule has 5 rings (SSSR count). The summed E-state index contributed by atoms with van der Waals surface area (Å²) >= 11 is 0. The van der Waals surface area contributed by atoms with Gasteiger partial charge in [0, 0.05) is 30.1 Å². The molecular formula is C23H21N5O2. The Kier molecular flexibility index (Phi) is 4.65. The molecule has 0 aliphatic carbocycles. The van der Waals surface area contributed by atoms with Crippen LogP contribution in [0.15, 0.2) is 73.1 Å². The van der Waals surface area contributed by atoms with Gasteiger partial charge in [-0.05, 0) is 36.2 Å². The van der Waals surface area contributed by atoms with Crippen LogP contribution in [0.3, 0.4) is 0 Å². The van der Waals surface area contributed by atoms with Crippen molar-refractivity contribution in [3.8, 4) is 11.3 Å². The van der Waals surface area contributed by atoms with Gasteiger partial charge in [-0.2, -0.15) is 10.2 Å². The van der Waals surface area contributed by atoms with Crippen LogP contribution in [0.2, 0.25) is 0 Å². The molecule has 0 spiro atoms. The summed E-state index contributed by atoms with van der Waals surface area (Å²) < 4.78 is 1.73. The number of hydrogen-bond acceptors (Lipinski definition) is 4. The number of hydrogen-bond donors (Lipinski definition) is 1. The Morgan fingerprint density at radius 1 is 1.13 bits per heavy atom. The van der Waals surface area contributed by atoms with Crippen LogP contribution in [0, 0.1) is 6.92 Å². The highest BCUT2D eigenvalue weighted by molar-refractivity contribution is 5.90. The van der Waals surface area contributed by atoms with Gasteiger partial charge in [0.15, 0.2) is 5.65 Å². The van der Waals surface area contributed by atoms with Gasteiger partial charge in [-0.15, -0.1) is 0 Å². The topological polar surface area (TPSA) is 71.8 Å². The molecule has 4 aromatic rings. The van der Waals surface area contributed by atoms with E-state index in [4.69, 9.17) is 4.84 Å². The van der Waals surface area contributed by atoms with E-state index in [1.807, 2.05) is 73.8 Å². The van der Waals surface area contributed by atoms with Crippen LogP contribution in [-0.4, -0.2) is 32.3 Å². The molecule has 0 unspecified atom stereocenters. The van der Waals surface area contributed by atoms with Gasteiger partial charge in [0.05, 0.1) is 18.3 Å². The molecule has 2 aromatic heterocycles. The molecule has 2 aromatic carbocycles. The zero-order chi connectivity index (χ0) is 20.5. The molecule has 0 radical (unpaired) electrons. The summed E-state index contributed by atoms with van der Waals surface area (Å²) in [5.74, 6) is 0. The molecule has 1 aliphatic heterocycles. The van der Waals surface area contributed by atoms with Gasteiger partial charge >= 0.3 is 6.03 Å². The van der Waals surface area contributed by atoms with Crippen LogP contribution >= 0.6 is 0 Å². The second kappa shape index (κ2) is 7.61. The van der Waals surface area contributed by atoms with Gasteiger partial charge in [-0.1, -0.05) is 42.5 Å². The summed E-state index contributed by atoms with van der Waals surface area (Å²) in [7, 11) is 0. The fraction of sp³-hybridized carbons (Fsp3) is 0.174. The number of carbonyl (C=O) groups is 1. The van der Waals surface area contributed by atoms with Crippen LogP contribution in [0.25, 0.3) is 16.9 Å². The van der Waals surface area contributed by atoms with E-state index in [9.17, 15) is 4.79 Å². The number of nitrogens with one attached hydrogen (secondary N) is 1. The molecule has 1 N–H and O–H groups in total. The maximum atomic E-state index is 13.0. The standard InChI is InChI=1S/C23H21N5O2/c1-16-7-8-18(19-9-10-22-24-12-13-27(22)26-19)15-20(16)25-23(29)28-21(11-14-30-28)17-5-3-2-4-6-17/h2-10,12-13,15,21H,11,14H2,1H3,(H,25,29)/t21-/m0/s1. The second-order valence-electron chi connectivity index (χ2n) is 7.28. The first-order valence-electron chi connectivity index (χ1n) is 9.88. The Morgan fingerprint density at radius 2 is 2.00 bits per heavy atom. The minimum absolute atomic E-state index is 0.0972. The van der Waals surface area contributed by atoms with E-state index in [2.05, 4.69) is 15.4 Å². The first kappa shape index (κ1) is 18.3. The van der Waals surface area contributed by atoms with Crippen molar-refractivity contribution in [1.82, 2.24) is 19.7 Å². The number of benzene rings is 2. The predicted molar refractivity (Wildman–Crippen MR) is 114 cm³/mol. The van der Waals surface area contributed by atoms with Crippen molar-refractivity contribution in [1.29, 1.82) is 0 Å². The van der Waals surface area contributed by atoms with Crippen molar-refractivity contribution in [2.75, 3.05) is 11.9 Å². The van der Waals surface area contributed by atoms with E-state index < -0.39 is 0 Å². The third-order valence-corrected chi connectivity index (χ3v) is 5.32. The maximum Gasteiger partial charge on any atom is 0.346 e. The third-order valence-electron chi connectivity index (χ3n) is 5.32. The Bertz CT molecular complexity index is 1200. The number of fused-ring (bicyclic) bond motifs is 1. The fourth-order valence-corrected chi connectivity index (χ4v) is 3.70. The van der Waals surface area contributed by atoms with Gasteiger partial charge < -0.3 is 5.32 Å². The predicted octanol–water partition coefficient (Wildman–Crippen LogP) is 4.62. The Balaban J connectivity index is 1.40. The van der Waals surface area contributed by atoms with Gasteiger partial charge in [0.1, 0.15) is 0 Å². The molecule has 7 heteroatoms. The minimum atomic E-state index is -0.278. The van der Waals surface area contributed by atoms with E-state index in [1.165, 1.54) is 5.06 Å². The van der Waals surface area contributed by atoms with Gasteiger partial charge in [0.25, 0.3) is 0 Å². The number of amides is 2. The normalized spacial score (nSPS) is 16.2. The Hall–Kier alpha value is -3.71. The van der Waals surface area contributed by atoms with Gasteiger partial charge in [0.2, 0.25) is 0 Å². The summed E-state index contributed by atoms with van der Waals surface area (Å²) in [5, 5.41) is 9.04.